The lowest BCUT2D eigenvalue weighted by Gasteiger charge is -2.50. The van der Waals surface area contributed by atoms with E-state index in [9.17, 15) is 0 Å². The van der Waals surface area contributed by atoms with Gasteiger partial charge >= 0.3 is 0 Å². The van der Waals surface area contributed by atoms with Crippen LogP contribution in [0.2, 0.25) is 99.2 Å². The summed E-state index contributed by atoms with van der Waals surface area (Å²) in [4.78, 5) is 1.82. The van der Waals surface area contributed by atoms with Crippen LogP contribution in [0, 0.1) is 6.92 Å². The largest absolute Gasteiger partial charge is 0.603 e. The summed E-state index contributed by atoms with van der Waals surface area (Å²) in [5, 5.41) is 3.43. The first kappa shape index (κ1) is 38.3. The number of aryl methyl sites for hydroxylation is 1. The lowest BCUT2D eigenvalue weighted by Crippen LogP contribution is -2.66. The smallest absolute Gasteiger partial charge is 0.270 e. The summed E-state index contributed by atoms with van der Waals surface area (Å²) >= 11 is 0. The topological polar surface area (TPSA) is 9.23 Å². The summed E-state index contributed by atoms with van der Waals surface area (Å²) in [6, 6.07) is 9.69. The van der Waals surface area contributed by atoms with Gasteiger partial charge in [0.1, 0.15) is 16.6 Å². The zero-order chi connectivity index (χ0) is 33.8. The Labute approximate surface area is 283 Å². The second kappa shape index (κ2) is 13.4. The molecule has 1 aromatic rings. The van der Waals surface area contributed by atoms with Crippen molar-refractivity contribution >= 4 is 70.1 Å². The molecule has 9 heteroatoms. The van der Waals surface area contributed by atoms with Gasteiger partial charge in [-0.3, -0.25) is 0 Å². The average Bonchev–Trinajstić information content (AvgIpc) is 3.04. The van der Waals surface area contributed by atoms with Crippen molar-refractivity contribution in [2.75, 3.05) is 0 Å². The van der Waals surface area contributed by atoms with Crippen LogP contribution < -0.4 is 0 Å². The van der Waals surface area contributed by atoms with Gasteiger partial charge in [-0.25, -0.2) is 0 Å². The molecule has 44 heavy (non-hydrogen) atoms. The molecule has 2 heterocycles. The molecule has 0 aromatic heterocycles. The van der Waals surface area contributed by atoms with E-state index in [1.165, 1.54) is 16.7 Å². The Morgan fingerprint density at radius 2 is 1.14 bits per heavy atom. The minimum atomic E-state index is -2.45. The maximum absolute atomic E-state index is 8.46. The Hall–Kier alpha value is -0.155. The summed E-state index contributed by atoms with van der Waals surface area (Å²) in [7, 11) is -11.3. The minimum absolute atomic E-state index is 0.696. The molecular formula is C35H66OSi8. The Morgan fingerprint density at radius 1 is 0.659 bits per heavy atom. The van der Waals surface area contributed by atoms with Gasteiger partial charge < -0.3 is 4.12 Å². The zero-order valence-electron chi connectivity index (χ0n) is 31.8. The van der Waals surface area contributed by atoms with Crippen molar-refractivity contribution < 1.29 is 4.12 Å². The number of hydrogen-bond donors (Lipinski definition) is 0. The van der Waals surface area contributed by atoms with Crippen LogP contribution in [0.15, 0.2) is 59.0 Å². The first-order valence-corrected chi connectivity index (χ1v) is 40.2. The van der Waals surface area contributed by atoms with Gasteiger partial charge in [0.2, 0.25) is 8.17 Å². The zero-order valence-corrected chi connectivity index (χ0v) is 39.8. The Bertz CT molecular complexity index is 1280. The van der Waals surface area contributed by atoms with Gasteiger partial charge in [0.25, 0.3) is 7.83 Å². The van der Waals surface area contributed by atoms with E-state index in [0.717, 1.165) is 9.58 Å². The van der Waals surface area contributed by atoms with Crippen molar-refractivity contribution in [2.24, 2.45) is 0 Å². The minimum Gasteiger partial charge on any atom is -0.603 e. The molecule has 244 valence electrons. The van der Waals surface area contributed by atoms with E-state index in [4.69, 9.17) is 4.12 Å². The number of allylic oxidation sites excluding steroid dienone is 5. The lowest BCUT2D eigenvalue weighted by atomic mass is 10.1. The first-order chi connectivity index (χ1) is 19.8. The standard InChI is InChI=1S/C35H66OSi8/c1-27(2)37(34(40(7,8)9)41(10,11)12)39-33(31-22-19-29(5)20-23-31)32-24-21-30(6)25-26-44(32,36-39)38(28(3)4)35(42(13,14)15)43(16,17)18/h19-28,34-35H,1-18H3. The highest BCUT2D eigenvalue weighted by Gasteiger charge is 2.63. The van der Waals surface area contributed by atoms with Crippen molar-refractivity contribution in [3.63, 3.8) is 0 Å². The van der Waals surface area contributed by atoms with E-state index >= 15 is 0 Å². The summed E-state index contributed by atoms with van der Waals surface area (Å²) in [6.07, 6.45) is 7.60. The molecule has 1 unspecified atom stereocenters. The van der Waals surface area contributed by atoms with E-state index in [1.54, 1.807) is 10.4 Å². The molecular weight excluding hydrogens is 661 g/mol. The Balaban J connectivity index is 2.55. The summed E-state index contributed by atoms with van der Waals surface area (Å²) in [6.45, 7) is 47.3. The van der Waals surface area contributed by atoms with E-state index < -0.39 is 64.9 Å². The van der Waals surface area contributed by atoms with Gasteiger partial charge in [0.05, 0.1) is 0 Å². The maximum atomic E-state index is 8.46. The molecule has 0 N–H and O–H groups in total. The molecule has 3 rings (SSSR count). The highest BCUT2D eigenvalue weighted by molar-refractivity contribution is 7.49. The quantitative estimate of drug-likeness (QED) is 0.206. The van der Waals surface area contributed by atoms with Gasteiger partial charge in [-0.2, -0.15) is 0 Å². The average molecular weight is 728 g/mol. The van der Waals surface area contributed by atoms with Crippen molar-refractivity contribution in [3.8, 4) is 0 Å². The third-order valence-electron chi connectivity index (χ3n) is 9.61. The van der Waals surface area contributed by atoms with Gasteiger partial charge in [0.15, 0.2) is 0 Å². The van der Waals surface area contributed by atoms with Crippen LogP contribution in [-0.4, -0.2) is 70.1 Å². The Morgan fingerprint density at radius 3 is 1.55 bits per heavy atom. The summed E-state index contributed by atoms with van der Waals surface area (Å²) in [5.74, 6) is 0. The third-order valence-corrected chi connectivity index (χ3v) is 68.1. The Kier molecular flexibility index (Phi) is 11.7. The molecule has 0 bridgehead atoms. The predicted molar refractivity (Wildman–Crippen MR) is 221 cm³/mol. The third kappa shape index (κ3) is 7.93. The molecule has 2 aliphatic heterocycles. The van der Waals surface area contributed by atoms with Gasteiger partial charge in [-0.15, -0.1) is 0 Å². The van der Waals surface area contributed by atoms with Crippen LogP contribution >= 0.6 is 0 Å². The van der Waals surface area contributed by atoms with E-state index in [0.29, 0.717) is 11.1 Å². The van der Waals surface area contributed by atoms with Crippen molar-refractivity contribution in [1.29, 1.82) is 0 Å². The van der Waals surface area contributed by atoms with E-state index in [-0.39, 0.29) is 0 Å². The molecule has 0 saturated carbocycles. The van der Waals surface area contributed by atoms with Crippen LogP contribution in [0.5, 0.6) is 0 Å². The molecule has 2 aliphatic rings. The van der Waals surface area contributed by atoms with Crippen LogP contribution in [0.3, 0.4) is 0 Å². The highest BCUT2D eigenvalue weighted by Crippen LogP contribution is 2.49. The predicted octanol–water partition coefficient (Wildman–Crippen LogP) is 10.8. The van der Waals surface area contributed by atoms with Gasteiger partial charge in [0, 0.05) is 32.3 Å². The molecule has 1 nitrogen and oxygen atoms in total. The molecule has 1 aromatic carbocycles. The number of benzene rings is 1. The van der Waals surface area contributed by atoms with Crippen LogP contribution in [0.4, 0.5) is 0 Å². The number of rotatable bonds is 11. The van der Waals surface area contributed by atoms with Crippen molar-refractivity contribution in [2.45, 2.75) is 141 Å². The maximum Gasteiger partial charge on any atom is 0.270 e. The first-order valence-electron chi connectivity index (χ1n) is 17.2. The summed E-state index contributed by atoms with van der Waals surface area (Å²) in [5.41, 5.74) is 8.43. The van der Waals surface area contributed by atoms with E-state index in [1.807, 2.05) is 0 Å². The van der Waals surface area contributed by atoms with Crippen molar-refractivity contribution in [3.05, 3.63) is 70.1 Å². The SMILES string of the molecule is CC1=CC=C2C(c3ccc(C)cc3)=[Si]([Si](C(C)C)C([Si](C)(C)C)[Si](C)(C)C)O[Si]2([Si](C(C)C)C([Si](C)(C)C)[Si](C)(C)C)C=C1. The van der Waals surface area contributed by atoms with Gasteiger partial charge in [-0.1, -0.05) is 181 Å². The molecule has 0 saturated heterocycles. The van der Waals surface area contributed by atoms with Crippen LogP contribution in [0.1, 0.15) is 45.7 Å². The van der Waals surface area contributed by atoms with E-state index in [2.05, 4.69) is 168 Å². The fraction of sp³-hybridized carbons (Fsp3) is 0.629. The molecule has 0 spiro atoms. The number of hydrogen-bond acceptors (Lipinski definition) is 1. The molecule has 1 atom stereocenters. The van der Waals surface area contributed by atoms with Crippen LogP contribution in [0.25, 0.3) is 0 Å². The fourth-order valence-corrected chi connectivity index (χ4v) is 97.8. The molecule has 0 fully saturated rings. The fourth-order valence-electron chi connectivity index (χ4n) is 9.11. The lowest BCUT2D eigenvalue weighted by molar-refractivity contribution is 0.633. The second-order valence-corrected chi connectivity index (χ2v) is 60.1. The van der Waals surface area contributed by atoms with Crippen LogP contribution in [-0.2, 0) is 4.12 Å². The monoisotopic (exact) mass is 726 g/mol. The normalized spacial score (nSPS) is 20.3. The van der Waals surface area contributed by atoms with Crippen molar-refractivity contribution in [1.82, 2.24) is 0 Å². The molecule has 0 aliphatic carbocycles. The highest BCUT2D eigenvalue weighted by atomic mass is 29.3. The molecule has 0 amide bonds. The van der Waals surface area contributed by atoms with Gasteiger partial charge in [-0.05, 0) is 35.3 Å². The second-order valence-electron chi connectivity index (χ2n) is 18.8. The summed E-state index contributed by atoms with van der Waals surface area (Å²) < 4.78 is 8.46. The number of fused-ring (bicyclic) bond motifs is 1. The molecule has 2 radical (unpaired) electrons.